The highest BCUT2D eigenvalue weighted by Crippen LogP contribution is 2.22. The molecule has 0 aromatic carbocycles. The minimum absolute atomic E-state index is 0.113. The zero-order chi connectivity index (χ0) is 10.9. The molecule has 0 fully saturated rings. The third-order valence-corrected chi connectivity index (χ3v) is 4.07. The number of nitrogens with zero attached hydrogens (tertiary/aromatic N) is 1. The van der Waals surface area contributed by atoms with Crippen LogP contribution in [0, 0.1) is 0 Å². The van der Waals surface area contributed by atoms with Crippen LogP contribution in [0.2, 0.25) is 0 Å². The number of anilines is 1. The maximum Gasteiger partial charge on any atom is 0.173 e. The predicted octanol–water partition coefficient (Wildman–Crippen LogP) is 1.57. The van der Waals surface area contributed by atoms with Gasteiger partial charge in [0.1, 0.15) is 0 Å². The fraction of sp³-hybridized carbons (Fsp3) is 0.222. The number of sulfone groups is 1. The molecule has 0 aliphatic carbocycles. The number of nitrogens with one attached hydrogen (secondary N) is 1. The molecule has 0 radical (unpaired) electrons. The Hall–Kier alpha value is -0.880. The van der Waals surface area contributed by atoms with Crippen molar-refractivity contribution in [3.63, 3.8) is 0 Å². The number of rotatable bonds is 2. The molecule has 0 spiro atoms. The van der Waals surface area contributed by atoms with Gasteiger partial charge in [0.2, 0.25) is 0 Å². The molecule has 1 atom stereocenters. The Kier molecular flexibility index (Phi) is 2.79. The zero-order valence-corrected chi connectivity index (χ0v) is 10.1. The lowest BCUT2D eigenvalue weighted by Crippen LogP contribution is -2.21. The van der Waals surface area contributed by atoms with Crippen LogP contribution in [0.4, 0.5) is 5.69 Å². The van der Waals surface area contributed by atoms with Gasteiger partial charge in [-0.15, -0.1) is 0 Å². The van der Waals surface area contributed by atoms with E-state index in [4.69, 9.17) is 0 Å². The maximum absolute atomic E-state index is 11.2. The summed E-state index contributed by atoms with van der Waals surface area (Å²) in [6, 6.07) is 1.64. The van der Waals surface area contributed by atoms with Crippen molar-refractivity contribution in [2.75, 3.05) is 11.1 Å². The molecule has 2 rings (SSSR count). The fourth-order valence-corrected chi connectivity index (χ4v) is 2.96. The molecule has 0 saturated heterocycles. The van der Waals surface area contributed by atoms with Gasteiger partial charge >= 0.3 is 0 Å². The first-order valence-electron chi connectivity index (χ1n) is 4.34. The minimum atomic E-state index is -3.00. The second kappa shape index (κ2) is 3.94. The Balaban J connectivity index is 2.12. The van der Waals surface area contributed by atoms with Crippen LogP contribution in [-0.2, 0) is 9.84 Å². The average Bonchev–Trinajstić information content (AvgIpc) is 2.50. The second-order valence-corrected chi connectivity index (χ2v) is 6.05. The van der Waals surface area contributed by atoms with Crippen LogP contribution in [-0.4, -0.2) is 25.2 Å². The van der Waals surface area contributed by atoms with Crippen LogP contribution in [0.15, 0.2) is 34.4 Å². The van der Waals surface area contributed by atoms with E-state index in [1.807, 2.05) is 0 Å². The third-order valence-electron chi connectivity index (χ3n) is 2.04. The standard InChI is InChI=1S/C9H9BrN2O2S/c10-8-5-11-3-1-9(8)12-7-2-4-15(13,14)6-7/h1-5,7H,6H2,(H,11,12). The highest BCUT2D eigenvalue weighted by molar-refractivity contribution is 9.10. The Morgan fingerprint density at radius 1 is 1.53 bits per heavy atom. The first-order valence-corrected chi connectivity index (χ1v) is 6.85. The third kappa shape index (κ3) is 2.57. The van der Waals surface area contributed by atoms with E-state index in [9.17, 15) is 8.42 Å². The number of pyridine rings is 1. The zero-order valence-electron chi connectivity index (χ0n) is 7.72. The smallest absolute Gasteiger partial charge is 0.173 e. The lowest BCUT2D eigenvalue weighted by atomic mass is 10.3. The first-order chi connectivity index (χ1) is 7.07. The van der Waals surface area contributed by atoms with Crippen LogP contribution < -0.4 is 5.32 Å². The molecule has 1 aromatic rings. The molecule has 1 aliphatic heterocycles. The van der Waals surface area contributed by atoms with E-state index in [0.717, 1.165) is 10.2 Å². The first kappa shape index (κ1) is 10.6. The predicted molar refractivity (Wildman–Crippen MR) is 62.3 cm³/mol. The summed E-state index contributed by atoms with van der Waals surface area (Å²) in [6.07, 6.45) is 4.97. The number of aromatic nitrogens is 1. The van der Waals surface area contributed by atoms with E-state index in [1.165, 1.54) is 5.41 Å². The Labute approximate surface area is 96.5 Å². The normalized spacial score (nSPS) is 22.9. The topological polar surface area (TPSA) is 59.1 Å². The van der Waals surface area contributed by atoms with Crippen molar-refractivity contribution in [3.8, 4) is 0 Å². The van der Waals surface area contributed by atoms with E-state index in [0.29, 0.717) is 0 Å². The highest BCUT2D eigenvalue weighted by Gasteiger charge is 2.21. The van der Waals surface area contributed by atoms with Crippen molar-refractivity contribution in [1.29, 1.82) is 0 Å². The van der Waals surface area contributed by atoms with Gasteiger partial charge < -0.3 is 5.32 Å². The van der Waals surface area contributed by atoms with Gasteiger partial charge in [-0.05, 0) is 22.0 Å². The van der Waals surface area contributed by atoms with Crippen LogP contribution >= 0.6 is 15.9 Å². The number of hydrogen-bond donors (Lipinski definition) is 1. The Morgan fingerprint density at radius 2 is 2.33 bits per heavy atom. The van der Waals surface area contributed by atoms with Crippen LogP contribution in [0.3, 0.4) is 0 Å². The van der Waals surface area contributed by atoms with E-state index >= 15 is 0 Å². The average molecular weight is 289 g/mol. The summed E-state index contributed by atoms with van der Waals surface area (Å²) in [5.41, 5.74) is 0.844. The summed E-state index contributed by atoms with van der Waals surface area (Å²) >= 11 is 3.33. The molecule has 2 heterocycles. The Bertz CT molecular complexity index is 499. The summed E-state index contributed by atoms with van der Waals surface area (Å²) in [5, 5.41) is 4.36. The monoisotopic (exact) mass is 288 g/mol. The van der Waals surface area contributed by atoms with Crippen LogP contribution in [0.1, 0.15) is 0 Å². The van der Waals surface area contributed by atoms with Crippen LogP contribution in [0.5, 0.6) is 0 Å². The SMILES string of the molecule is O=S1(=O)C=CC(Nc2ccncc2Br)C1. The molecule has 0 bridgehead atoms. The van der Waals surface area contributed by atoms with Gasteiger partial charge in [-0.1, -0.05) is 6.08 Å². The van der Waals surface area contributed by atoms with Crippen LogP contribution in [0.25, 0.3) is 0 Å². The van der Waals surface area contributed by atoms with E-state index in [2.05, 4.69) is 26.2 Å². The molecule has 0 amide bonds. The molecule has 15 heavy (non-hydrogen) atoms. The minimum Gasteiger partial charge on any atom is -0.377 e. The molecule has 4 nitrogen and oxygen atoms in total. The molecular weight excluding hydrogens is 280 g/mol. The van der Waals surface area contributed by atoms with Gasteiger partial charge in [0, 0.05) is 17.8 Å². The lowest BCUT2D eigenvalue weighted by Gasteiger charge is -2.12. The van der Waals surface area contributed by atoms with E-state index < -0.39 is 9.84 Å². The number of hydrogen-bond acceptors (Lipinski definition) is 4. The summed E-state index contributed by atoms with van der Waals surface area (Å²) in [5.74, 6) is 0.113. The van der Waals surface area contributed by atoms with Gasteiger partial charge in [0.15, 0.2) is 9.84 Å². The summed E-state index contributed by atoms with van der Waals surface area (Å²) in [4.78, 5) is 3.92. The fourth-order valence-electron chi connectivity index (χ4n) is 1.36. The molecule has 1 aromatic heterocycles. The van der Waals surface area contributed by atoms with Gasteiger partial charge in [-0.25, -0.2) is 8.42 Å². The molecule has 80 valence electrons. The summed E-state index contributed by atoms with van der Waals surface area (Å²) < 4.78 is 23.2. The molecule has 1 aliphatic rings. The Morgan fingerprint density at radius 3 is 2.93 bits per heavy atom. The number of halogens is 1. The van der Waals surface area contributed by atoms with Gasteiger partial charge in [-0.3, -0.25) is 4.98 Å². The van der Waals surface area contributed by atoms with E-state index in [1.54, 1.807) is 24.5 Å². The molecule has 6 heteroatoms. The molecule has 1 N–H and O–H groups in total. The van der Waals surface area contributed by atoms with Gasteiger partial charge in [-0.2, -0.15) is 0 Å². The lowest BCUT2D eigenvalue weighted by molar-refractivity contribution is 0.605. The van der Waals surface area contributed by atoms with Crippen molar-refractivity contribution in [2.45, 2.75) is 6.04 Å². The van der Waals surface area contributed by atoms with Crippen molar-refractivity contribution < 1.29 is 8.42 Å². The van der Waals surface area contributed by atoms with Crippen molar-refractivity contribution >= 4 is 31.5 Å². The van der Waals surface area contributed by atoms with Crippen molar-refractivity contribution in [1.82, 2.24) is 4.98 Å². The molecule has 1 unspecified atom stereocenters. The highest BCUT2D eigenvalue weighted by atomic mass is 79.9. The maximum atomic E-state index is 11.2. The summed E-state index contributed by atoms with van der Waals surface area (Å²) in [6.45, 7) is 0. The van der Waals surface area contributed by atoms with Crippen molar-refractivity contribution in [3.05, 3.63) is 34.4 Å². The quantitative estimate of drug-likeness (QED) is 0.897. The van der Waals surface area contributed by atoms with Gasteiger partial charge in [0.25, 0.3) is 0 Å². The molecular formula is C9H9BrN2O2S. The van der Waals surface area contributed by atoms with Gasteiger partial charge in [0.05, 0.1) is 22.0 Å². The molecule has 0 saturated carbocycles. The second-order valence-electron chi connectivity index (χ2n) is 3.26. The largest absolute Gasteiger partial charge is 0.377 e. The van der Waals surface area contributed by atoms with Crippen molar-refractivity contribution in [2.24, 2.45) is 0 Å². The van der Waals surface area contributed by atoms with E-state index in [-0.39, 0.29) is 11.8 Å². The summed E-state index contributed by atoms with van der Waals surface area (Å²) in [7, 11) is -3.00.